The molecule has 1 unspecified atom stereocenters. The van der Waals surface area contributed by atoms with Crippen molar-refractivity contribution in [3.63, 3.8) is 0 Å². The first-order valence-electron chi connectivity index (χ1n) is 7.50. The van der Waals surface area contributed by atoms with E-state index < -0.39 is 0 Å². The predicted octanol–water partition coefficient (Wildman–Crippen LogP) is 2.69. The monoisotopic (exact) mass is 276 g/mol. The van der Waals surface area contributed by atoms with Gasteiger partial charge in [-0.3, -0.25) is 0 Å². The quantitative estimate of drug-likeness (QED) is 0.869. The van der Waals surface area contributed by atoms with E-state index in [4.69, 9.17) is 4.74 Å². The van der Waals surface area contributed by atoms with Gasteiger partial charge >= 0.3 is 6.09 Å². The van der Waals surface area contributed by atoms with E-state index in [1.54, 1.807) is 0 Å². The molecule has 0 bridgehead atoms. The Morgan fingerprint density at radius 3 is 2.95 bits per heavy atom. The SMILES string of the molecule is O=C(NCCC1CCCNCC1)OCc1ccccc1. The van der Waals surface area contributed by atoms with Crippen LogP contribution in [-0.4, -0.2) is 25.7 Å². The summed E-state index contributed by atoms with van der Waals surface area (Å²) >= 11 is 0. The summed E-state index contributed by atoms with van der Waals surface area (Å²) in [4.78, 5) is 11.6. The Morgan fingerprint density at radius 1 is 1.25 bits per heavy atom. The summed E-state index contributed by atoms with van der Waals surface area (Å²) in [6.07, 6.45) is 4.43. The number of alkyl carbamates (subject to hydrolysis) is 1. The molecule has 0 aliphatic carbocycles. The molecule has 1 aromatic rings. The first-order chi connectivity index (χ1) is 9.84. The number of rotatable bonds is 5. The fourth-order valence-electron chi connectivity index (χ4n) is 2.53. The van der Waals surface area contributed by atoms with Crippen LogP contribution < -0.4 is 10.6 Å². The zero-order chi connectivity index (χ0) is 14.0. The Kier molecular flexibility index (Phi) is 6.38. The number of carbonyl (C=O) groups is 1. The molecule has 1 saturated heterocycles. The number of amides is 1. The van der Waals surface area contributed by atoms with Gasteiger partial charge < -0.3 is 15.4 Å². The molecule has 2 N–H and O–H groups in total. The lowest BCUT2D eigenvalue weighted by molar-refractivity contribution is 0.139. The average molecular weight is 276 g/mol. The van der Waals surface area contributed by atoms with Gasteiger partial charge in [-0.15, -0.1) is 0 Å². The van der Waals surface area contributed by atoms with Crippen LogP contribution in [0, 0.1) is 5.92 Å². The van der Waals surface area contributed by atoms with E-state index in [2.05, 4.69) is 10.6 Å². The van der Waals surface area contributed by atoms with Crippen molar-refractivity contribution in [1.82, 2.24) is 10.6 Å². The van der Waals surface area contributed by atoms with Crippen LogP contribution in [0.2, 0.25) is 0 Å². The molecule has 1 heterocycles. The predicted molar refractivity (Wildman–Crippen MR) is 79.5 cm³/mol. The van der Waals surface area contributed by atoms with Crippen molar-refractivity contribution in [2.75, 3.05) is 19.6 Å². The molecular weight excluding hydrogens is 252 g/mol. The lowest BCUT2D eigenvalue weighted by Crippen LogP contribution is -2.26. The smallest absolute Gasteiger partial charge is 0.407 e. The first-order valence-corrected chi connectivity index (χ1v) is 7.50. The molecule has 0 aromatic heterocycles. The van der Waals surface area contributed by atoms with E-state index in [1.165, 1.54) is 19.3 Å². The van der Waals surface area contributed by atoms with Crippen molar-refractivity contribution in [1.29, 1.82) is 0 Å². The molecule has 1 fully saturated rings. The summed E-state index contributed by atoms with van der Waals surface area (Å²) in [7, 11) is 0. The topological polar surface area (TPSA) is 50.4 Å². The maximum absolute atomic E-state index is 11.6. The Balaban J connectivity index is 1.58. The van der Waals surface area contributed by atoms with Gasteiger partial charge in [0.15, 0.2) is 0 Å². The summed E-state index contributed by atoms with van der Waals surface area (Å²) in [5.74, 6) is 0.722. The summed E-state index contributed by atoms with van der Waals surface area (Å²) in [6, 6.07) is 9.73. The van der Waals surface area contributed by atoms with Crippen molar-refractivity contribution in [3.05, 3.63) is 35.9 Å². The van der Waals surface area contributed by atoms with Crippen molar-refractivity contribution in [2.24, 2.45) is 5.92 Å². The van der Waals surface area contributed by atoms with Crippen molar-refractivity contribution >= 4 is 6.09 Å². The third-order valence-electron chi connectivity index (χ3n) is 3.73. The van der Waals surface area contributed by atoms with Crippen LogP contribution in [0.25, 0.3) is 0 Å². The summed E-state index contributed by atoms with van der Waals surface area (Å²) in [6.45, 7) is 3.27. The second kappa shape index (κ2) is 8.59. The van der Waals surface area contributed by atoms with E-state index in [0.29, 0.717) is 13.2 Å². The highest BCUT2D eigenvalue weighted by molar-refractivity contribution is 5.67. The lowest BCUT2D eigenvalue weighted by Gasteiger charge is -2.13. The van der Waals surface area contributed by atoms with Crippen molar-refractivity contribution in [3.8, 4) is 0 Å². The number of hydrogen-bond donors (Lipinski definition) is 2. The summed E-state index contributed by atoms with van der Waals surface area (Å²) < 4.78 is 5.18. The number of nitrogens with one attached hydrogen (secondary N) is 2. The molecule has 1 aromatic carbocycles. The van der Waals surface area contributed by atoms with Gasteiger partial charge in [0.05, 0.1) is 0 Å². The van der Waals surface area contributed by atoms with Crippen LogP contribution in [0.5, 0.6) is 0 Å². The number of ether oxygens (including phenoxy) is 1. The van der Waals surface area contributed by atoms with E-state index in [1.807, 2.05) is 30.3 Å². The molecular formula is C16H24N2O2. The van der Waals surface area contributed by atoms with Crippen molar-refractivity contribution < 1.29 is 9.53 Å². The number of hydrogen-bond acceptors (Lipinski definition) is 3. The third-order valence-corrected chi connectivity index (χ3v) is 3.73. The molecule has 1 atom stereocenters. The number of carbonyl (C=O) groups excluding carboxylic acids is 1. The summed E-state index contributed by atoms with van der Waals surface area (Å²) in [5, 5.41) is 6.24. The van der Waals surface area contributed by atoms with Gasteiger partial charge in [0.1, 0.15) is 6.61 Å². The second-order valence-electron chi connectivity index (χ2n) is 5.32. The van der Waals surface area contributed by atoms with Crippen LogP contribution in [0.1, 0.15) is 31.2 Å². The van der Waals surface area contributed by atoms with Gasteiger partial charge in [0.25, 0.3) is 0 Å². The van der Waals surface area contributed by atoms with E-state index >= 15 is 0 Å². The Morgan fingerprint density at radius 2 is 2.10 bits per heavy atom. The molecule has 1 aliphatic rings. The normalized spacial score (nSPS) is 19.1. The highest BCUT2D eigenvalue weighted by Gasteiger charge is 2.12. The molecule has 0 spiro atoms. The summed E-state index contributed by atoms with van der Waals surface area (Å²) in [5.41, 5.74) is 1.01. The lowest BCUT2D eigenvalue weighted by atomic mass is 9.97. The van der Waals surface area contributed by atoms with Crippen LogP contribution in [0.4, 0.5) is 4.79 Å². The van der Waals surface area contributed by atoms with Gasteiger partial charge in [-0.25, -0.2) is 4.79 Å². The fraction of sp³-hybridized carbons (Fsp3) is 0.562. The molecule has 1 aliphatic heterocycles. The highest BCUT2D eigenvalue weighted by Crippen LogP contribution is 2.16. The Bertz CT molecular complexity index is 387. The minimum absolute atomic E-state index is 0.319. The van der Waals surface area contributed by atoms with Gasteiger partial charge in [0.2, 0.25) is 0 Å². The molecule has 0 radical (unpaired) electrons. The maximum atomic E-state index is 11.6. The molecule has 4 heteroatoms. The van der Waals surface area contributed by atoms with Gasteiger partial charge in [-0.1, -0.05) is 30.3 Å². The molecule has 0 saturated carbocycles. The largest absolute Gasteiger partial charge is 0.445 e. The Labute approximate surface area is 120 Å². The molecule has 4 nitrogen and oxygen atoms in total. The van der Waals surface area contributed by atoms with Gasteiger partial charge in [-0.05, 0) is 50.3 Å². The van der Waals surface area contributed by atoms with Crippen LogP contribution in [-0.2, 0) is 11.3 Å². The first kappa shape index (κ1) is 14.9. The Hall–Kier alpha value is -1.55. The highest BCUT2D eigenvalue weighted by atomic mass is 16.5. The van der Waals surface area contributed by atoms with Crippen molar-refractivity contribution in [2.45, 2.75) is 32.3 Å². The molecule has 1 amide bonds. The van der Waals surface area contributed by atoms with E-state index in [-0.39, 0.29) is 6.09 Å². The molecule has 110 valence electrons. The van der Waals surface area contributed by atoms with Crippen LogP contribution >= 0.6 is 0 Å². The maximum Gasteiger partial charge on any atom is 0.407 e. The van der Waals surface area contributed by atoms with Gasteiger partial charge in [0, 0.05) is 6.54 Å². The zero-order valence-corrected chi connectivity index (χ0v) is 11.9. The molecule has 2 rings (SSSR count). The molecule has 20 heavy (non-hydrogen) atoms. The number of benzene rings is 1. The minimum Gasteiger partial charge on any atom is -0.445 e. The second-order valence-corrected chi connectivity index (χ2v) is 5.32. The third kappa shape index (κ3) is 5.61. The van der Waals surface area contributed by atoms with Crippen LogP contribution in [0.3, 0.4) is 0 Å². The van der Waals surface area contributed by atoms with Crippen LogP contribution in [0.15, 0.2) is 30.3 Å². The standard InChI is InChI=1S/C16H24N2O2/c19-16(20-13-15-5-2-1-3-6-15)18-12-9-14-7-4-10-17-11-8-14/h1-3,5-6,14,17H,4,7-13H2,(H,18,19). The average Bonchev–Trinajstić information content (AvgIpc) is 2.75. The minimum atomic E-state index is -0.319. The van der Waals surface area contributed by atoms with E-state index in [0.717, 1.165) is 31.0 Å². The van der Waals surface area contributed by atoms with Gasteiger partial charge in [-0.2, -0.15) is 0 Å². The fourth-order valence-corrected chi connectivity index (χ4v) is 2.53. The van der Waals surface area contributed by atoms with E-state index in [9.17, 15) is 4.79 Å². The zero-order valence-electron chi connectivity index (χ0n) is 11.9.